The maximum atomic E-state index is 5.11. The zero-order valence-corrected chi connectivity index (χ0v) is 21.3. The standard InChI is InChI=1S/C31H37N2/c1-19-16-20(2)22(4)27(17-19)30-26-9-8-25-28(24(26)12-15-33(30)7)18-21(3)32-29(25)23-10-13-31(5,6)14-11-23/h8-9,12,15-18,23H,10-11,13-14H2,1-7H3/q+1. The number of benzene rings is 2. The van der Waals surface area contributed by atoms with Gasteiger partial charge in [0.25, 0.3) is 0 Å². The number of hydrogen-bond acceptors (Lipinski definition) is 1. The lowest BCUT2D eigenvalue weighted by atomic mass is 9.71. The largest absolute Gasteiger partial charge is 0.257 e. The van der Waals surface area contributed by atoms with Gasteiger partial charge < -0.3 is 0 Å². The number of fused-ring (bicyclic) bond motifs is 3. The van der Waals surface area contributed by atoms with Crippen molar-refractivity contribution >= 4 is 21.5 Å². The highest BCUT2D eigenvalue weighted by molar-refractivity contribution is 6.11. The van der Waals surface area contributed by atoms with Crippen molar-refractivity contribution in [1.29, 1.82) is 0 Å². The van der Waals surface area contributed by atoms with Crippen LogP contribution in [0.2, 0.25) is 0 Å². The molecule has 0 atom stereocenters. The lowest BCUT2D eigenvalue weighted by Crippen LogP contribution is -2.31. The first-order valence-electron chi connectivity index (χ1n) is 12.5. The van der Waals surface area contributed by atoms with E-state index in [1.807, 2.05) is 0 Å². The zero-order valence-electron chi connectivity index (χ0n) is 21.3. The molecular weight excluding hydrogens is 400 g/mol. The molecule has 0 amide bonds. The average Bonchev–Trinajstić information content (AvgIpc) is 2.75. The van der Waals surface area contributed by atoms with Gasteiger partial charge in [0.15, 0.2) is 6.20 Å². The highest BCUT2D eigenvalue weighted by atomic mass is 14.9. The predicted octanol–water partition coefficient (Wildman–Crippen LogP) is 7.80. The van der Waals surface area contributed by atoms with Gasteiger partial charge in [-0.3, -0.25) is 4.98 Å². The molecule has 1 saturated carbocycles. The Kier molecular flexibility index (Phi) is 5.31. The van der Waals surface area contributed by atoms with Crippen molar-refractivity contribution in [2.75, 3.05) is 0 Å². The van der Waals surface area contributed by atoms with Crippen LogP contribution in [0.25, 0.3) is 32.8 Å². The molecule has 0 aliphatic heterocycles. The fourth-order valence-electron chi connectivity index (χ4n) is 5.95. The first kappa shape index (κ1) is 22.1. The van der Waals surface area contributed by atoms with Crippen molar-refractivity contribution in [2.45, 2.75) is 73.1 Å². The van der Waals surface area contributed by atoms with Crippen molar-refractivity contribution in [3.05, 3.63) is 70.7 Å². The van der Waals surface area contributed by atoms with Gasteiger partial charge in [-0.2, -0.15) is 0 Å². The number of aryl methyl sites for hydroxylation is 4. The van der Waals surface area contributed by atoms with Gasteiger partial charge in [0.2, 0.25) is 5.69 Å². The number of aromatic nitrogens is 2. The van der Waals surface area contributed by atoms with Crippen molar-refractivity contribution < 1.29 is 4.57 Å². The van der Waals surface area contributed by atoms with Crippen LogP contribution in [0.5, 0.6) is 0 Å². The minimum absolute atomic E-state index is 0.469. The van der Waals surface area contributed by atoms with E-state index in [1.54, 1.807) is 0 Å². The molecule has 2 heterocycles. The van der Waals surface area contributed by atoms with Crippen LogP contribution in [0.15, 0.2) is 42.6 Å². The number of rotatable bonds is 2. The summed E-state index contributed by atoms with van der Waals surface area (Å²) in [6, 6.07) is 13.9. The Morgan fingerprint density at radius 1 is 0.848 bits per heavy atom. The molecule has 5 rings (SSSR count). The maximum Gasteiger partial charge on any atom is 0.220 e. The van der Waals surface area contributed by atoms with Crippen molar-refractivity contribution in [2.24, 2.45) is 12.5 Å². The van der Waals surface area contributed by atoms with Crippen LogP contribution < -0.4 is 4.57 Å². The lowest BCUT2D eigenvalue weighted by molar-refractivity contribution is -0.659. The normalized spacial score (nSPS) is 16.6. The summed E-state index contributed by atoms with van der Waals surface area (Å²) in [4.78, 5) is 5.11. The Hall–Kier alpha value is -2.74. The summed E-state index contributed by atoms with van der Waals surface area (Å²) in [5.74, 6) is 0.568. The number of nitrogens with zero attached hydrogens (tertiary/aromatic N) is 2. The van der Waals surface area contributed by atoms with Crippen LogP contribution in [0.1, 0.15) is 73.5 Å². The minimum Gasteiger partial charge on any atom is -0.257 e. The molecule has 2 heteroatoms. The molecule has 0 radical (unpaired) electrons. The van der Waals surface area contributed by atoms with Crippen molar-refractivity contribution in [3.63, 3.8) is 0 Å². The van der Waals surface area contributed by atoms with Gasteiger partial charge in [-0.05, 0) is 93.5 Å². The highest BCUT2D eigenvalue weighted by Crippen LogP contribution is 2.44. The molecule has 33 heavy (non-hydrogen) atoms. The summed E-state index contributed by atoms with van der Waals surface area (Å²) in [7, 11) is 2.17. The monoisotopic (exact) mass is 437 g/mol. The molecule has 0 saturated heterocycles. The molecule has 0 spiro atoms. The summed E-state index contributed by atoms with van der Waals surface area (Å²) in [5.41, 5.74) is 9.58. The molecule has 1 aliphatic carbocycles. The van der Waals surface area contributed by atoms with E-state index in [0.717, 1.165) is 5.69 Å². The fraction of sp³-hybridized carbons (Fsp3) is 0.419. The van der Waals surface area contributed by atoms with Gasteiger partial charge in [0.05, 0.1) is 16.6 Å². The third-order valence-corrected chi connectivity index (χ3v) is 8.08. The third kappa shape index (κ3) is 3.84. The van der Waals surface area contributed by atoms with Gasteiger partial charge in [-0.25, -0.2) is 4.57 Å². The van der Waals surface area contributed by atoms with E-state index >= 15 is 0 Å². The lowest BCUT2D eigenvalue weighted by Gasteiger charge is -2.34. The van der Waals surface area contributed by atoms with Gasteiger partial charge in [0, 0.05) is 28.5 Å². The van der Waals surface area contributed by atoms with Gasteiger partial charge in [-0.1, -0.05) is 31.5 Å². The molecule has 4 aromatic rings. The van der Waals surface area contributed by atoms with Crippen LogP contribution >= 0.6 is 0 Å². The summed E-state index contributed by atoms with van der Waals surface area (Å²) < 4.78 is 2.29. The second-order valence-corrected chi connectivity index (χ2v) is 11.2. The molecule has 1 fully saturated rings. The second kappa shape index (κ2) is 7.94. The Bertz CT molecular complexity index is 1380. The predicted molar refractivity (Wildman–Crippen MR) is 140 cm³/mol. The average molecular weight is 438 g/mol. The Labute approximate surface area is 198 Å². The van der Waals surface area contributed by atoms with E-state index in [0.29, 0.717) is 11.3 Å². The van der Waals surface area contributed by atoms with Crippen molar-refractivity contribution in [3.8, 4) is 11.3 Å². The Morgan fingerprint density at radius 2 is 1.55 bits per heavy atom. The molecule has 0 unspecified atom stereocenters. The Balaban J connectivity index is 1.76. The third-order valence-electron chi connectivity index (χ3n) is 8.08. The molecule has 2 aromatic heterocycles. The van der Waals surface area contributed by atoms with Crippen LogP contribution in [-0.4, -0.2) is 4.98 Å². The van der Waals surface area contributed by atoms with Gasteiger partial charge in [0.1, 0.15) is 7.05 Å². The van der Waals surface area contributed by atoms with Crippen LogP contribution in [0, 0.1) is 33.1 Å². The first-order valence-corrected chi connectivity index (χ1v) is 12.5. The van der Waals surface area contributed by atoms with E-state index in [2.05, 4.69) is 95.8 Å². The van der Waals surface area contributed by atoms with E-state index in [9.17, 15) is 0 Å². The Morgan fingerprint density at radius 3 is 2.27 bits per heavy atom. The van der Waals surface area contributed by atoms with Crippen LogP contribution in [0.4, 0.5) is 0 Å². The summed E-state index contributed by atoms with van der Waals surface area (Å²) >= 11 is 0. The van der Waals surface area contributed by atoms with E-state index in [-0.39, 0.29) is 0 Å². The van der Waals surface area contributed by atoms with E-state index in [4.69, 9.17) is 4.98 Å². The topological polar surface area (TPSA) is 16.8 Å². The minimum atomic E-state index is 0.469. The van der Waals surface area contributed by atoms with E-state index in [1.165, 1.54) is 80.9 Å². The molecular formula is C31H37N2+. The number of pyridine rings is 2. The van der Waals surface area contributed by atoms with Crippen molar-refractivity contribution in [1.82, 2.24) is 4.98 Å². The molecule has 2 nitrogen and oxygen atoms in total. The number of hydrogen-bond donors (Lipinski definition) is 0. The molecule has 170 valence electrons. The van der Waals surface area contributed by atoms with Gasteiger partial charge in [-0.15, -0.1) is 0 Å². The smallest absolute Gasteiger partial charge is 0.220 e. The summed E-state index contributed by atoms with van der Waals surface area (Å²) in [5, 5.41) is 5.35. The van der Waals surface area contributed by atoms with Gasteiger partial charge >= 0.3 is 0 Å². The highest BCUT2D eigenvalue weighted by Gasteiger charge is 2.30. The zero-order chi connectivity index (χ0) is 23.5. The summed E-state index contributed by atoms with van der Waals surface area (Å²) in [6.07, 6.45) is 7.29. The van der Waals surface area contributed by atoms with E-state index < -0.39 is 0 Å². The fourth-order valence-corrected chi connectivity index (χ4v) is 5.95. The maximum absolute atomic E-state index is 5.11. The molecule has 2 aromatic carbocycles. The molecule has 1 aliphatic rings. The SMILES string of the molecule is Cc1cc(C)c(C)c(-c2c3ccc4c(C5CCC(C)(C)CC5)nc(C)cc4c3cc[n+]2C)c1. The molecule has 0 bridgehead atoms. The second-order valence-electron chi connectivity index (χ2n) is 11.2. The molecule has 0 N–H and O–H groups in total. The quantitative estimate of drug-likeness (QED) is 0.231. The summed E-state index contributed by atoms with van der Waals surface area (Å²) in [6.45, 7) is 13.7. The first-order chi connectivity index (χ1) is 15.6. The van der Waals surface area contributed by atoms with Crippen LogP contribution in [0.3, 0.4) is 0 Å². The van der Waals surface area contributed by atoms with Crippen LogP contribution in [-0.2, 0) is 7.05 Å².